The van der Waals surface area contributed by atoms with Gasteiger partial charge in [0.1, 0.15) is 22.3 Å². The smallest absolute Gasteiger partial charge is 0.198 e. The predicted molar refractivity (Wildman–Crippen MR) is 284 cm³/mol. The fourth-order valence-corrected chi connectivity index (χ4v) is 13.2. The van der Waals surface area contributed by atoms with Crippen LogP contribution in [0.15, 0.2) is 142 Å². The molecule has 0 unspecified atom stereocenters. The minimum Gasteiger partial charge on any atom is -0.456 e. The number of benzene rings is 8. The molecule has 2 aliphatic rings. The topological polar surface area (TPSA) is 43.2 Å². The molecule has 0 spiro atoms. The van der Waals surface area contributed by atoms with Gasteiger partial charge in [-0.05, 0) is 117 Å². The Morgan fingerprint density at radius 3 is 1.92 bits per heavy atom. The summed E-state index contributed by atoms with van der Waals surface area (Å²) in [5.41, 5.74) is 19.0. The molecule has 0 saturated carbocycles. The summed E-state index contributed by atoms with van der Waals surface area (Å²) in [5.74, 6) is 0. The van der Waals surface area contributed by atoms with Gasteiger partial charge in [0.2, 0.25) is 0 Å². The number of para-hydroxylation sites is 2. The second-order valence-electron chi connectivity index (χ2n) is 21.6. The van der Waals surface area contributed by atoms with E-state index in [4.69, 9.17) is 8.83 Å². The molecular formula is C60H49BN2O2S. The van der Waals surface area contributed by atoms with E-state index in [9.17, 15) is 0 Å². The van der Waals surface area contributed by atoms with Crippen LogP contribution in [0.25, 0.3) is 103 Å². The minimum absolute atomic E-state index is 0.0464. The summed E-state index contributed by atoms with van der Waals surface area (Å²) in [6, 6.07) is 49.7. The van der Waals surface area contributed by atoms with Gasteiger partial charge in [-0.2, -0.15) is 0 Å². The molecule has 4 nitrogen and oxygen atoms in total. The molecule has 4 aromatic heterocycles. The zero-order valence-corrected chi connectivity index (χ0v) is 39.3. The third-order valence-electron chi connectivity index (χ3n) is 15.6. The average Bonchev–Trinajstić information content (AvgIpc) is 4.06. The number of nitrogens with zero attached hydrogens (tertiary/aromatic N) is 1. The highest BCUT2D eigenvalue weighted by molar-refractivity contribution is 7.26. The van der Waals surface area contributed by atoms with Gasteiger partial charge < -0.3 is 18.7 Å². The van der Waals surface area contributed by atoms with Crippen LogP contribution < -0.4 is 16.2 Å². The van der Waals surface area contributed by atoms with Gasteiger partial charge in [0.15, 0.2) is 7.28 Å². The fraction of sp³-hybridized carbons (Fsp3) is 0.200. The van der Waals surface area contributed by atoms with Gasteiger partial charge in [0.25, 0.3) is 0 Å². The molecule has 0 fully saturated rings. The van der Waals surface area contributed by atoms with E-state index in [1.54, 1.807) is 0 Å². The number of furan rings is 2. The van der Waals surface area contributed by atoms with Crippen LogP contribution in [-0.2, 0) is 16.2 Å². The summed E-state index contributed by atoms with van der Waals surface area (Å²) >= 11 is 1.94. The van der Waals surface area contributed by atoms with Crippen LogP contribution in [0, 0.1) is 0 Å². The number of rotatable bonds is 3. The monoisotopic (exact) mass is 872 g/mol. The molecule has 6 heteroatoms. The molecule has 14 rings (SSSR count). The van der Waals surface area contributed by atoms with Crippen molar-refractivity contribution in [1.29, 1.82) is 0 Å². The molecule has 1 aliphatic heterocycles. The van der Waals surface area contributed by atoms with Crippen LogP contribution >= 0.6 is 11.3 Å². The molecule has 0 atom stereocenters. The lowest BCUT2D eigenvalue weighted by molar-refractivity contribution is 0.332. The Labute approximate surface area is 388 Å². The predicted octanol–water partition coefficient (Wildman–Crippen LogP) is 15.7. The lowest BCUT2D eigenvalue weighted by Crippen LogP contribution is -2.37. The van der Waals surface area contributed by atoms with Gasteiger partial charge in [0.05, 0.1) is 11.2 Å². The van der Waals surface area contributed by atoms with Crippen molar-refractivity contribution in [2.75, 3.05) is 5.32 Å². The molecule has 1 aliphatic carbocycles. The van der Waals surface area contributed by atoms with Crippen molar-refractivity contribution in [3.05, 3.63) is 150 Å². The van der Waals surface area contributed by atoms with E-state index in [1.807, 2.05) is 11.3 Å². The first-order valence-electron chi connectivity index (χ1n) is 23.6. The standard InChI is InChI=1S/C60H49BN2O2S/c1-58(2,3)32-20-22-33(23-21-32)62-44-31-50-37(34-14-8-11-17-47(34)65-50)26-39(44)54-55-56-52(53-36-16-10-13-19-51(36)66-57(53)54)40-27-41-42(60(6,7)25-24-59(41,4)5)29-45(40)63(56)46-28-38-35-15-9-12-18-48(35)64-49(38)30-43(46)61-55/h8-23,26-31,61-62H,24-25H2,1-7H3. The Bertz CT molecular complexity index is 4090. The van der Waals surface area contributed by atoms with Crippen molar-refractivity contribution in [2.24, 2.45) is 0 Å². The van der Waals surface area contributed by atoms with Crippen LogP contribution in [0.1, 0.15) is 78.0 Å². The van der Waals surface area contributed by atoms with Crippen molar-refractivity contribution >= 4 is 127 Å². The third kappa shape index (κ3) is 5.28. The quantitative estimate of drug-likeness (QED) is 0.180. The summed E-state index contributed by atoms with van der Waals surface area (Å²) in [4.78, 5) is 0. The highest BCUT2D eigenvalue weighted by atomic mass is 32.1. The van der Waals surface area contributed by atoms with Crippen molar-refractivity contribution in [2.45, 2.75) is 77.6 Å². The van der Waals surface area contributed by atoms with Gasteiger partial charge in [0, 0.05) is 81.0 Å². The van der Waals surface area contributed by atoms with Gasteiger partial charge in [-0.25, -0.2) is 0 Å². The third-order valence-corrected chi connectivity index (χ3v) is 16.8. The highest BCUT2D eigenvalue weighted by Gasteiger charge is 2.39. The molecule has 8 aromatic carbocycles. The maximum atomic E-state index is 6.67. The van der Waals surface area contributed by atoms with Gasteiger partial charge in [-0.15, -0.1) is 11.3 Å². The Morgan fingerprint density at radius 2 is 1.23 bits per heavy atom. The summed E-state index contributed by atoms with van der Waals surface area (Å²) in [6.07, 6.45) is 2.32. The van der Waals surface area contributed by atoms with Gasteiger partial charge in [-0.3, -0.25) is 0 Å². The van der Waals surface area contributed by atoms with Crippen LogP contribution in [-0.4, -0.2) is 11.8 Å². The van der Waals surface area contributed by atoms with Gasteiger partial charge >= 0.3 is 0 Å². The Morgan fingerprint density at radius 1 is 0.606 bits per heavy atom. The van der Waals surface area contributed by atoms with Crippen LogP contribution in [0.3, 0.4) is 0 Å². The van der Waals surface area contributed by atoms with Crippen LogP contribution in [0.4, 0.5) is 11.4 Å². The van der Waals surface area contributed by atoms with E-state index in [2.05, 4.69) is 192 Å². The second-order valence-corrected chi connectivity index (χ2v) is 22.6. The highest BCUT2D eigenvalue weighted by Crippen LogP contribution is 2.53. The maximum Gasteiger partial charge on any atom is 0.198 e. The Hall–Kier alpha value is -6.76. The summed E-state index contributed by atoms with van der Waals surface area (Å²) in [7, 11) is 0.759. The first kappa shape index (κ1) is 38.5. The summed E-state index contributed by atoms with van der Waals surface area (Å²) in [6.45, 7) is 16.6. The molecule has 12 aromatic rings. The maximum absolute atomic E-state index is 6.67. The van der Waals surface area contributed by atoms with Crippen molar-refractivity contribution in [3.8, 4) is 16.8 Å². The molecule has 5 heterocycles. The second kappa shape index (κ2) is 13.0. The minimum atomic E-state index is 0.0464. The molecule has 0 amide bonds. The number of thiophene rings is 1. The number of nitrogens with one attached hydrogen (secondary N) is 1. The number of aromatic nitrogens is 1. The number of anilines is 2. The summed E-state index contributed by atoms with van der Waals surface area (Å²) < 4.78 is 18.6. The van der Waals surface area contributed by atoms with Crippen molar-refractivity contribution in [1.82, 2.24) is 4.57 Å². The first-order valence-corrected chi connectivity index (χ1v) is 24.4. The van der Waals surface area contributed by atoms with Crippen LogP contribution in [0.5, 0.6) is 0 Å². The molecule has 66 heavy (non-hydrogen) atoms. The van der Waals surface area contributed by atoms with Crippen molar-refractivity contribution in [3.63, 3.8) is 0 Å². The molecule has 320 valence electrons. The molecular weight excluding hydrogens is 824 g/mol. The first-order chi connectivity index (χ1) is 31.8. The van der Waals surface area contributed by atoms with Crippen LogP contribution in [0.2, 0.25) is 0 Å². The van der Waals surface area contributed by atoms with Gasteiger partial charge in [-0.1, -0.05) is 121 Å². The number of fused-ring (bicyclic) bond motifs is 16. The lowest BCUT2D eigenvalue weighted by Gasteiger charge is -2.42. The van der Waals surface area contributed by atoms with E-state index in [0.29, 0.717) is 0 Å². The Kier molecular flexibility index (Phi) is 7.58. The van der Waals surface area contributed by atoms with E-state index in [-0.39, 0.29) is 16.2 Å². The zero-order chi connectivity index (χ0) is 44.6. The summed E-state index contributed by atoms with van der Waals surface area (Å²) in [5, 5.41) is 13.9. The fourth-order valence-electron chi connectivity index (χ4n) is 12.0. The van der Waals surface area contributed by atoms with E-state index in [1.165, 1.54) is 86.4 Å². The lowest BCUT2D eigenvalue weighted by atomic mass is 9.58. The van der Waals surface area contributed by atoms with E-state index >= 15 is 0 Å². The molecule has 0 saturated heterocycles. The van der Waals surface area contributed by atoms with E-state index in [0.717, 1.165) is 75.4 Å². The number of hydrogen-bond acceptors (Lipinski definition) is 4. The normalized spacial score (nSPS) is 15.4. The number of hydrogen-bond donors (Lipinski definition) is 1. The molecule has 1 N–H and O–H groups in total. The SMILES string of the molecule is CC(C)(C)c1ccc(Nc2cc3oc4ccccc4c3cc2-c2c3c4c(c5cc6c(cc5n4-c4cc5c(cc4B3)oc3ccccc35)C(C)(C)CCC6(C)C)c3c2sc2ccccc23)cc1. The average molecular weight is 873 g/mol. The zero-order valence-electron chi connectivity index (χ0n) is 38.5. The largest absolute Gasteiger partial charge is 0.456 e. The molecule has 0 bridgehead atoms. The van der Waals surface area contributed by atoms with E-state index < -0.39 is 0 Å². The Balaban J connectivity index is 1.17. The van der Waals surface area contributed by atoms with Crippen molar-refractivity contribution < 1.29 is 8.83 Å². The molecule has 0 radical (unpaired) electrons.